The summed E-state index contributed by atoms with van der Waals surface area (Å²) in [5.74, 6) is -0.171. The SMILES string of the molecule is CN=C1CC(=O)C(=NC)CC1=O. The van der Waals surface area contributed by atoms with E-state index in [1.165, 1.54) is 14.1 Å². The molecule has 1 fully saturated rings. The van der Waals surface area contributed by atoms with Crippen molar-refractivity contribution < 1.29 is 9.59 Å². The zero-order chi connectivity index (χ0) is 9.14. The molecular weight excluding hydrogens is 156 g/mol. The van der Waals surface area contributed by atoms with Gasteiger partial charge in [0, 0.05) is 14.1 Å². The average Bonchev–Trinajstić information content (AvgIpc) is 2.08. The van der Waals surface area contributed by atoms with Gasteiger partial charge in [0.05, 0.1) is 24.3 Å². The highest BCUT2D eigenvalue weighted by Gasteiger charge is 2.27. The first-order chi connectivity index (χ1) is 5.69. The van der Waals surface area contributed by atoms with Crippen LogP contribution in [0.2, 0.25) is 0 Å². The van der Waals surface area contributed by atoms with Crippen molar-refractivity contribution in [1.82, 2.24) is 0 Å². The lowest BCUT2D eigenvalue weighted by Gasteiger charge is -2.11. The summed E-state index contributed by atoms with van der Waals surface area (Å²) in [6.45, 7) is 0. The quantitative estimate of drug-likeness (QED) is 0.511. The molecule has 0 radical (unpaired) electrons. The molecule has 12 heavy (non-hydrogen) atoms. The van der Waals surface area contributed by atoms with Crippen LogP contribution in [0.3, 0.4) is 0 Å². The summed E-state index contributed by atoms with van der Waals surface area (Å²) in [6, 6.07) is 0. The molecule has 0 heterocycles. The van der Waals surface area contributed by atoms with Crippen LogP contribution in [-0.4, -0.2) is 37.1 Å². The summed E-state index contributed by atoms with van der Waals surface area (Å²) in [5, 5.41) is 0. The molecule has 0 aliphatic heterocycles. The van der Waals surface area contributed by atoms with Gasteiger partial charge in [-0.15, -0.1) is 0 Å². The topological polar surface area (TPSA) is 58.9 Å². The van der Waals surface area contributed by atoms with Gasteiger partial charge in [0.25, 0.3) is 0 Å². The van der Waals surface area contributed by atoms with Crippen LogP contribution in [0.1, 0.15) is 12.8 Å². The van der Waals surface area contributed by atoms with Crippen LogP contribution in [-0.2, 0) is 9.59 Å². The maximum Gasteiger partial charge on any atom is 0.183 e. The van der Waals surface area contributed by atoms with Gasteiger partial charge in [-0.1, -0.05) is 0 Å². The van der Waals surface area contributed by atoms with Crippen LogP contribution in [0.5, 0.6) is 0 Å². The van der Waals surface area contributed by atoms with E-state index in [2.05, 4.69) is 9.98 Å². The van der Waals surface area contributed by atoms with Crippen molar-refractivity contribution in [2.45, 2.75) is 12.8 Å². The number of Topliss-reactive ketones (excluding diaryl/α,β-unsaturated/α-hetero) is 2. The Morgan fingerprint density at radius 1 is 0.917 bits per heavy atom. The Kier molecular flexibility index (Phi) is 2.47. The molecule has 4 heteroatoms. The predicted octanol–water partition coefficient (Wildman–Crippen LogP) is 0.0600. The van der Waals surface area contributed by atoms with Gasteiger partial charge in [0.15, 0.2) is 11.6 Å². The zero-order valence-electron chi connectivity index (χ0n) is 7.13. The number of rotatable bonds is 0. The molecule has 0 N–H and O–H groups in total. The fourth-order valence-corrected chi connectivity index (χ4v) is 1.11. The van der Waals surface area contributed by atoms with Crippen molar-refractivity contribution in [3.63, 3.8) is 0 Å². The van der Waals surface area contributed by atoms with E-state index < -0.39 is 0 Å². The van der Waals surface area contributed by atoms with Gasteiger partial charge in [0.2, 0.25) is 0 Å². The van der Waals surface area contributed by atoms with Crippen LogP contribution >= 0.6 is 0 Å². The molecule has 1 aliphatic carbocycles. The molecule has 1 saturated carbocycles. The van der Waals surface area contributed by atoms with Crippen LogP contribution < -0.4 is 0 Å². The number of carbonyl (C=O) groups excluding carboxylic acids is 2. The molecule has 0 spiro atoms. The smallest absolute Gasteiger partial charge is 0.183 e. The van der Waals surface area contributed by atoms with E-state index in [-0.39, 0.29) is 24.4 Å². The third kappa shape index (κ3) is 1.47. The summed E-state index contributed by atoms with van der Waals surface area (Å²) in [5.41, 5.74) is 0.736. The van der Waals surface area contributed by atoms with Crippen LogP contribution in [0.15, 0.2) is 9.98 Å². The van der Waals surface area contributed by atoms with Crippen molar-refractivity contribution in [3.8, 4) is 0 Å². The maximum atomic E-state index is 11.2. The highest BCUT2D eigenvalue weighted by Crippen LogP contribution is 2.06. The Morgan fingerprint density at radius 2 is 1.25 bits per heavy atom. The number of aliphatic imine (C=N–C) groups is 2. The lowest BCUT2D eigenvalue weighted by Crippen LogP contribution is -2.32. The number of carbonyl (C=O) groups is 2. The Labute approximate surface area is 70.4 Å². The monoisotopic (exact) mass is 166 g/mol. The molecule has 1 rings (SSSR count). The lowest BCUT2D eigenvalue weighted by atomic mass is 9.94. The minimum atomic E-state index is -0.0855. The highest BCUT2D eigenvalue weighted by molar-refractivity contribution is 6.60. The summed E-state index contributed by atoms with van der Waals surface area (Å²) in [7, 11) is 3.04. The minimum absolute atomic E-state index is 0.0855. The largest absolute Gasteiger partial charge is 0.292 e. The summed E-state index contributed by atoms with van der Waals surface area (Å²) >= 11 is 0. The molecular formula is C8H10N2O2. The molecule has 0 aromatic rings. The maximum absolute atomic E-state index is 11.2. The van der Waals surface area contributed by atoms with Crippen LogP contribution in [0.25, 0.3) is 0 Å². The van der Waals surface area contributed by atoms with E-state index in [9.17, 15) is 9.59 Å². The second-order valence-corrected chi connectivity index (χ2v) is 2.54. The van der Waals surface area contributed by atoms with Crippen LogP contribution in [0.4, 0.5) is 0 Å². The molecule has 64 valence electrons. The van der Waals surface area contributed by atoms with Gasteiger partial charge < -0.3 is 0 Å². The third-order valence-electron chi connectivity index (χ3n) is 1.84. The van der Waals surface area contributed by atoms with Crippen molar-refractivity contribution in [1.29, 1.82) is 0 Å². The molecule has 0 unspecified atom stereocenters. The van der Waals surface area contributed by atoms with E-state index in [0.29, 0.717) is 11.4 Å². The number of nitrogens with zero attached hydrogens (tertiary/aromatic N) is 2. The van der Waals surface area contributed by atoms with Gasteiger partial charge in [0.1, 0.15) is 0 Å². The lowest BCUT2D eigenvalue weighted by molar-refractivity contribution is -0.116. The third-order valence-corrected chi connectivity index (χ3v) is 1.84. The molecule has 0 saturated heterocycles. The van der Waals surface area contributed by atoms with Crippen molar-refractivity contribution in [3.05, 3.63) is 0 Å². The predicted molar refractivity (Wildman–Crippen MR) is 46.0 cm³/mol. The Hall–Kier alpha value is -1.32. The second kappa shape index (κ2) is 3.38. The average molecular weight is 166 g/mol. The van der Waals surface area contributed by atoms with Crippen molar-refractivity contribution >= 4 is 23.0 Å². The van der Waals surface area contributed by atoms with E-state index in [1.807, 2.05) is 0 Å². The van der Waals surface area contributed by atoms with Gasteiger partial charge in [-0.3, -0.25) is 19.6 Å². The van der Waals surface area contributed by atoms with Gasteiger partial charge in [-0.2, -0.15) is 0 Å². The van der Waals surface area contributed by atoms with Gasteiger partial charge in [-0.25, -0.2) is 0 Å². The minimum Gasteiger partial charge on any atom is -0.292 e. The van der Waals surface area contributed by atoms with Gasteiger partial charge in [-0.05, 0) is 0 Å². The first kappa shape index (κ1) is 8.77. The fourth-order valence-electron chi connectivity index (χ4n) is 1.11. The van der Waals surface area contributed by atoms with E-state index in [4.69, 9.17) is 0 Å². The molecule has 0 aromatic heterocycles. The fraction of sp³-hybridized carbons (Fsp3) is 0.500. The molecule has 0 aromatic carbocycles. The Balaban J connectivity index is 2.90. The summed E-state index contributed by atoms with van der Waals surface area (Å²) < 4.78 is 0. The summed E-state index contributed by atoms with van der Waals surface area (Å²) in [6.07, 6.45) is 0.226. The Morgan fingerprint density at radius 3 is 1.50 bits per heavy atom. The second-order valence-electron chi connectivity index (χ2n) is 2.54. The molecule has 4 nitrogen and oxygen atoms in total. The number of ketones is 2. The first-order valence-corrected chi connectivity index (χ1v) is 3.66. The molecule has 0 atom stereocenters. The normalized spacial score (nSPS) is 25.5. The summed E-state index contributed by atoms with van der Waals surface area (Å²) in [4.78, 5) is 29.8. The molecule has 0 amide bonds. The standard InChI is InChI=1S/C8H10N2O2/c1-9-5-3-8(12)6(10-2)4-7(5)11/h3-4H2,1-2H3. The van der Waals surface area contributed by atoms with E-state index >= 15 is 0 Å². The van der Waals surface area contributed by atoms with Gasteiger partial charge >= 0.3 is 0 Å². The van der Waals surface area contributed by atoms with Crippen molar-refractivity contribution in [2.24, 2.45) is 9.98 Å². The van der Waals surface area contributed by atoms with Crippen molar-refractivity contribution in [2.75, 3.05) is 14.1 Å². The molecule has 0 bridgehead atoms. The number of hydrogen-bond acceptors (Lipinski definition) is 4. The highest BCUT2D eigenvalue weighted by atomic mass is 16.1. The Bertz CT molecular complexity index is 259. The first-order valence-electron chi connectivity index (χ1n) is 3.66. The van der Waals surface area contributed by atoms with E-state index in [1.54, 1.807) is 0 Å². The van der Waals surface area contributed by atoms with E-state index in [0.717, 1.165) is 0 Å². The molecule has 1 aliphatic rings. The van der Waals surface area contributed by atoms with Crippen LogP contribution in [0, 0.1) is 0 Å². The zero-order valence-corrected chi connectivity index (χ0v) is 7.13. The number of hydrogen-bond donors (Lipinski definition) is 0.